The Bertz CT molecular complexity index is 878. The Morgan fingerprint density at radius 3 is 2.72 bits per heavy atom. The van der Waals surface area contributed by atoms with Crippen molar-refractivity contribution >= 4 is 28.9 Å². The van der Waals surface area contributed by atoms with Crippen molar-refractivity contribution in [1.82, 2.24) is 4.98 Å². The number of carbonyl (C=O) groups excluding carboxylic acids is 1. The Balaban J connectivity index is 1.53. The van der Waals surface area contributed by atoms with Crippen molar-refractivity contribution in [2.45, 2.75) is 13.5 Å². The van der Waals surface area contributed by atoms with Crippen LogP contribution in [0.25, 0.3) is 10.6 Å². The highest BCUT2D eigenvalue weighted by atomic mass is 35.5. The number of nitrogens with zero attached hydrogens (tertiary/aromatic N) is 1. The van der Waals surface area contributed by atoms with Crippen molar-refractivity contribution in [3.8, 4) is 16.3 Å². The number of ether oxygens (including phenoxy) is 2. The fourth-order valence-electron chi connectivity index (χ4n) is 2.18. The molecular weight excluding hydrogens is 358 g/mol. The van der Waals surface area contributed by atoms with Crippen molar-refractivity contribution in [1.29, 1.82) is 0 Å². The predicted octanol–water partition coefficient (Wildman–Crippen LogP) is 4.89. The molecule has 1 heterocycles. The summed E-state index contributed by atoms with van der Waals surface area (Å²) in [5.41, 5.74) is 2.53. The van der Waals surface area contributed by atoms with E-state index in [0.717, 1.165) is 16.1 Å². The molecular formula is C19H16ClNO3S. The van der Waals surface area contributed by atoms with Gasteiger partial charge in [-0.1, -0.05) is 48.0 Å². The van der Waals surface area contributed by atoms with Crippen LogP contribution in [0.4, 0.5) is 0 Å². The van der Waals surface area contributed by atoms with Crippen LogP contribution < -0.4 is 4.74 Å². The van der Waals surface area contributed by atoms with Gasteiger partial charge in [-0.15, -0.1) is 11.3 Å². The van der Waals surface area contributed by atoms with Gasteiger partial charge < -0.3 is 9.47 Å². The van der Waals surface area contributed by atoms with E-state index in [-0.39, 0.29) is 13.2 Å². The van der Waals surface area contributed by atoms with E-state index >= 15 is 0 Å². The average molecular weight is 374 g/mol. The summed E-state index contributed by atoms with van der Waals surface area (Å²) in [5, 5.41) is 3.30. The van der Waals surface area contributed by atoms with E-state index in [1.807, 2.05) is 60.8 Å². The number of thiazole rings is 1. The zero-order chi connectivity index (χ0) is 17.6. The fourth-order valence-corrected chi connectivity index (χ4v) is 3.31. The van der Waals surface area contributed by atoms with E-state index in [9.17, 15) is 4.79 Å². The lowest BCUT2D eigenvalue weighted by Gasteiger charge is -2.08. The molecule has 0 bridgehead atoms. The van der Waals surface area contributed by atoms with Gasteiger partial charge in [0.25, 0.3) is 0 Å². The summed E-state index contributed by atoms with van der Waals surface area (Å²) in [4.78, 5) is 16.3. The summed E-state index contributed by atoms with van der Waals surface area (Å²) in [5.74, 6) is 0.240. The minimum atomic E-state index is -0.435. The maximum absolute atomic E-state index is 11.8. The van der Waals surface area contributed by atoms with E-state index in [0.29, 0.717) is 16.5 Å². The van der Waals surface area contributed by atoms with Crippen LogP contribution in [0, 0.1) is 6.92 Å². The molecule has 0 N–H and O–H groups in total. The summed E-state index contributed by atoms with van der Waals surface area (Å²) in [6, 6.07) is 15.0. The Morgan fingerprint density at radius 1 is 1.16 bits per heavy atom. The topological polar surface area (TPSA) is 48.4 Å². The molecule has 2 aromatic carbocycles. The molecule has 0 aliphatic carbocycles. The third-order valence-electron chi connectivity index (χ3n) is 3.48. The van der Waals surface area contributed by atoms with Gasteiger partial charge in [0.2, 0.25) is 0 Å². The molecule has 0 radical (unpaired) electrons. The number of rotatable bonds is 6. The Hall–Kier alpha value is -2.37. The van der Waals surface area contributed by atoms with Gasteiger partial charge >= 0.3 is 5.97 Å². The molecule has 0 amide bonds. The zero-order valence-electron chi connectivity index (χ0n) is 13.6. The minimum absolute atomic E-state index is 0.108. The van der Waals surface area contributed by atoms with Gasteiger partial charge in [-0.2, -0.15) is 0 Å². The molecule has 0 aliphatic rings. The first-order valence-electron chi connectivity index (χ1n) is 7.67. The average Bonchev–Trinajstić information content (AvgIpc) is 3.08. The highest BCUT2D eigenvalue weighted by molar-refractivity contribution is 7.13. The number of esters is 1. The molecule has 0 saturated carbocycles. The fraction of sp³-hybridized carbons (Fsp3) is 0.158. The molecule has 1 aromatic heterocycles. The van der Waals surface area contributed by atoms with Gasteiger partial charge in [-0.05, 0) is 24.6 Å². The van der Waals surface area contributed by atoms with Crippen LogP contribution in [0.1, 0.15) is 11.3 Å². The largest absolute Gasteiger partial charge is 0.482 e. The normalized spacial score (nSPS) is 10.5. The van der Waals surface area contributed by atoms with E-state index in [4.69, 9.17) is 21.1 Å². The first-order chi connectivity index (χ1) is 12.1. The van der Waals surface area contributed by atoms with E-state index < -0.39 is 5.97 Å². The molecule has 0 fully saturated rings. The van der Waals surface area contributed by atoms with E-state index in [2.05, 4.69) is 4.98 Å². The van der Waals surface area contributed by atoms with E-state index in [1.165, 1.54) is 11.3 Å². The number of aryl methyl sites for hydroxylation is 1. The number of hydrogen-bond donors (Lipinski definition) is 0. The molecule has 3 rings (SSSR count). The van der Waals surface area contributed by atoms with Gasteiger partial charge in [0.05, 0.1) is 10.7 Å². The summed E-state index contributed by atoms with van der Waals surface area (Å²) in [7, 11) is 0. The molecule has 128 valence electrons. The van der Waals surface area contributed by atoms with Crippen LogP contribution in [0.15, 0.2) is 53.9 Å². The number of benzene rings is 2. The molecule has 0 unspecified atom stereocenters. The molecule has 0 aliphatic heterocycles. The predicted molar refractivity (Wildman–Crippen MR) is 99.0 cm³/mol. The van der Waals surface area contributed by atoms with Crippen LogP contribution in [-0.4, -0.2) is 17.6 Å². The van der Waals surface area contributed by atoms with Crippen LogP contribution in [-0.2, 0) is 16.1 Å². The van der Waals surface area contributed by atoms with Crippen molar-refractivity contribution in [2.24, 2.45) is 0 Å². The van der Waals surface area contributed by atoms with Crippen molar-refractivity contribution in [3.63, 3.8) is 0 Å². The highest BCUT2D eigenvalue weighted by Crippen LogP contribution is 2.30. The molecule has 3 aromatic rings. The Kier molecular flexibility index (Phi) is 5.68. The second-order valence-electron chi connectivity index (χ2n) is 5.34. The lowest BCUT2D eigenvalue weighted by atomic mass is 10.2. The number of carbonyl (C=O) groups is 1. The summed E-state index contributed by atoms with van der Waals surface area (Å²) < 4.78 is 10.7. The Morgan fingerprint density at radius 2 is 1.92 bits per heavy atom. The quantitative estimate of drug-likeness (QED) is 0.577. The zero-order valence-corrected chi connectivity index (χ0v) is 15.1. The monoisotopic (exact) mass is 373 g/mol. The lowest BCUT2D eigenvalue weighted by Crippen LogP contribution is -2.15. The number of para-hydroxylation sites is 1. The number of hydrogen-bond acceptors (Lipinski definition) is 5. The van der Waals surface area contributed by atoms with Crippen LogP contribution in [0.5, 0.6) is 5.75 Å². The van der Waals surface area contributed by atoms with Crippen molar-refractivity contribution in [3.05, 3.63) is 70.2 Å². The van der Waals surface area contributed by atoms with Crippen LogP contribution >= 0.6 is 22.9 Å². The minimum Gasteiger partial charge on any atom is -0.482 e. The van der Waals surface area contributed by atoms with Gasteiger partial charge in [-0.3, -0.25) is 0 Å². The number of halogens is 1. The van der Waals surface area contributed by atoms with Crippen LogP contribution in [0.2, 0.25) is 5.02 Å². The third kappa shape index (κ3) is 4.59. The van der Waals surface area contributed by atoms with Gasteiger partial charge in [-0.25, -0.2) is 9.78 Å². The van der Waals surface area contributed by atoms with E-state index in [1.54, 1.807) is 0 Å². The first-order valence-corrected chi connectivity index (χ1v) is 8.92. The van der Waals surface area contributed by atoms with Gasteiger partial charge in [0.1, 0.15) is 17.4 Å². The molecule has 0 spiro atoms. The van der Waals surface area contributed by atoms with Crippen LogP contribution in [0.3, 0.4) is 0 Å². The standard InChI is InChI=1S/C19H16ClNO3S/c1-13-6-2-5-9-17(13)23-11-18(22)24-10-14-12-25-19(21-14)15-7-3-4-8-16(15)20/h2-9,12H,10-11H2,1H3. The summed E-state index contributed by atoms with van der Waals surface area (Å²) in [6.45, 7) is 1.90. The Labute approximate surface area is 155 Å². The number of aromatic nitrogens is 1. The molecule has 0 saturated heterocycles. The maximum atomic E-state index is 11.8. The van der Waals surface area contributed by atoms with Gasteiger partial charge in [0.15, 0.2) is 6.61 Å². The summed E-state index contributed by atoms with van der Waals surface area (Å²) in [6.07, 6.45) is 0. The molecule has 6 heteroatoms. The molecule has 0 atom stereocenters. The first kappa shape index (κ1) is 17.5. The lowest BCUT2D eigenvalue weighted by molar-refractivity contribution is -0.147. The van der Waals surface area contributed by atoms with Crippen molar-refractivity contribution in [2.75, 3.05) is 6.61 Å². The molecule has 25 heavy (non-hydrogen) atoms. The third-order valence-corrected chi connectivity index (χ3v) is 4.73. The molecule has 4 nitrogen and oxygen atoms in total. The summed E-state index contributed by atoms with van der Waals surface area (Å²) >= 11 is 7.64. The second kappa shape index (κ2) is 8.14. The maximum Gasteiger partial charge on any atom is 0.344 e. The highest BCUT2D eigenvalue weighted by Gasteiger charge is 2.11. The van der Waals surface area contributed by atoms with Crippen molar-refractivity contribution < 1.29 is 14.3 Å². The smallest absolute Gasteiger partial charge is 0.344 e. The second-order valence-corrected chi connectivity index (χ2v) is 6.60. The van der Waals surface area contributed by atoms with Gasteiger partial charge in [0, 0.05) is 10.9 Å². The SMILES string of the molecule is Cc1ccccc1OCC(=O)OCc1csc(-c2ccccc2Cl)n1.